The fourth-order valence-electron chi connectivity index (χ4n) is 8.93. The Morgan fingerprint density at radius 2 is 1.26 bits per heavy atom. The van der Waals surface area contributed by atoms with Crippen LogP contribution in [0.3, 0.4) is 0 Å². The molecule has 0 saturated carbocycles. The van der Waals surface area contributed by atoms with Gasteiger partial charge in [0.1, 0.15) is 0 Å². The number of hydrogen-bond acceptors (Lipinski definition) is 2. The summed E-state index contributed by atoms with van der Waals surface area (Å²) in [5.74, 6) is 0. The van der Waals surface area contributed by atoms with Gasteiger partial charge in [-0.3, -0.25) is 0 Å². The number of aromatic nitrogens is 1. The Morgan fingerprint density at radius 3 is 2.03 bits per heavy atom. The summed E-state index contributed by atoms with van der Waals surface area (Å²) in [6.07, 6.45) is 8.76. The molecule has 10 rings (SSSR count). The molecule has 0 fully saturated rings. The van der Waals surface area contributed by atoms with Crippen LogP contribution in [0.2, 0.25) is 0 Å². The van der Waals surface area contributed by atoms with E-state index < -0.39 is 0 Å². The molecule has 0 unspecified atom stereocenters. The highest BCUT2D eigenvalue weighted by molar-refractivity contribution is 6.07. The van der Waals surface area contributed by atoms with Crippen molar-refractivity contribution in [3.8, 4) is 5.69 Å². The zero-order valence-corrected chi connectivity index (χ0v) is 33.2. The Hall–Kier alpha value is -6.68. The van der Waals surface area contributed by atoms with Crippen LogP contribution in [0, 0.1) is 6.92 Å². The SMILES string of the molecule is C=C1/C(C2=CCCc3c2c2ccccc2n3-c2ccc(Cc3ccc4ccccc4c3C)cc2)=C\CCN(c2ccccc2)c2ccccc21.NCc1ccccc1. The van der Waals surface area contributed by atoms with Crippen molar-refractivity contribution >= 4 is 44.2 Å². The van der Waals surface area contributed by atoms with Gasteiger partial charge in [0.25, 0.3) is 0 Å². The van der Waals surface area contributed by atoms with Crippen LogP contribution < -0.4 is 10.6 Å². The molecule has 1 aliphatic carbocycles. The highest BCUT2D eigenvalue weighted by atomic mass is 15.1. The first-order valence-corrected chi connectivity index (χ1v) is 20.5. The van der Waals surface area contributed by atoms with Crippen LogP contribution in [0.5, 0.6) is 0 Å². The van der Waals surface area contributed by atoms with E-state index in [-0.39, 0.29) is 0 Å². The number of fused-ring (bicyclic) bond motifs is 5. The lowest BCUT2D eigenvalue weighted by Gasteiger charge is -2.31. The molecule has 0 bridgehead atoms. The molecule has 1 aliphatic heterocycles. The van der Waals surface area contributed by atoms with E-state index in [0.29, 0.717) is 6.54 Å². The molecule has 2 aliphatic rings. The second kappa shape index (κ2) is 16.4. The van der Waals surface area contributed by atoms with Crippen molar-refractivity contribution in [3.63, 3.8) is 0 Å². The maximum Gasteiger partial charge on any atom is 0.0537 e. The minimum atomic E-state index is 0.640. The van der Waals surface area contributed by atoms with E-state index in [1.54, 1.807) is 0 Å². The van der Waals surface area contributed by atoms with Gasteiger partial charge in [-0.2, -0.15) is 0 Å². The van der Waals surface area contributed by atoms with Crippen LogP contribution in [-0.4, -0.2) is 11.1 Å². The van der Waals surface area contributed by atoms with Gasteiger partial charge in [0.2, 0.25) is 0 Å². The molecule has 0 radical (unpaired) electrons. The van der Waals surface area contributed by atoms with E-state index in [0.717, 1.165) is 37.8 Å². The third-order valence-electron chi connectivity index (χ3n) is 11.9. The number of nitrogens with zero attached hydrogens (tertiary/aromatic N) is 2. The third-order valence-corrected chi connectivity index (χ3v) is 11.9. The van der Waals surface area contributed by atoms with Crippen LogP contribution in [-0.2, 0) is 19.4 Å². The summed E-state index contributed by atoms with van der Waals surface area (Å²) in [6, 6.07) is 61.0. The monoisotopic (exact) mass is 751 g/mol. The smallest absolute Gasteiger partial charge is 0.0537 e. The van der Waals surface area contributed by atoms with E-state index in [4.69, 9.17) is 12.3 Å². The van der Waals surface area contributed by atoms with Crippen molar-refractivity contribution in [1.82, 2.24) is 4.57 Å². The minimum absolute atomic E-state index is 0.640. The van der Waals surface area contributed by atoms with Gasteiger partial charge in [0.05, 0.1) is 5.52 Å². The maximum atomic E-state index is 5.35. The van der Waals surface area contributed by atoms with Crippen molar-refractivity contribution in [3.05, 3.63) is 233 Å². The molecule has 0 saturated heterocycles. The van der Waals surface area contributed by atoms with Gasteiger partial charge in [-0.1, -0.05) is 152 Å². The molecule has 0 atom stereocenters. The van der Waals surface area contributed by atoms with Crippen molar-refractivity contribution in [2.75, 3.05) is 11.4 Å². The first-order valence-electron chi connectivity index (χ1n) is 20.5. The topological polar surface area (TPSA) is 34.2 Å². The molecule has 58 heavy (non-hydrogen) atoms. The van der Waals surface area contributed by atoms with Gasteiger partial charge >= 0.3 is 0 Å². The summed E-state index contributed by atoms with van der Waals surface area (Å²) in [4.78, 5) is 2.44. The quantitative estimate of drug-likeness (QED) is 0.184. The van der Waals surface area contributed by atoms with Crippen molar-refractivity contribution in [2.45, 2.75) is 39.2 Å². The largest absolute Gasteiger partial charge is 0.341 e. The van der Waals surface area contributed by atoms with Crippen LogP contribution in [0.1, 0.15) is 51.9 Å². The summed E-state index contributed by atoms with van der Waals surface area (Å²) in [6.45, 7) is 8.59. The zero-order valence-electron chi connectivity index (χ0n) is 33.2. The molecule has 7 aromatic carbocycles. The molecule has 284 valence electrons. The van der Waals surface area contributed by atoms with Crippen molar-refractivity contribution in [2.24, 2.45) is 5.73 Å². The van der Waals surface area contributed by atoms with Crippen LogP contribution in [0.4, 0.5) is 11.4 Å². The van der Waals surface area contributed by atoms with Gasteiger partial charge in [-0.05, 0) is 119 Å². The summed E-state index contributed by atoms with van der Waals surface area (Å²) < 4.78 is 2.51. The van der Waals surface area contributed by atoms with Gasteiger partial charge < -0.3 is 15.2 Å². The van der Waals surface area contributed by atoms with E-state index in [9.17, 15) is 0 Å². The predicted octanol–water partition coefficient (Wildman–Crippen LogP) is 13.3. The van der Waals surface area contributed by atoms with Crippen molar-refractivity contribution in [1.29, 1.82) is 0 Å². The zero-order chi connectivity index (χ0) is 39.4. The number of rotatable bonds is 6. The first-order chi connectivity index (χ1) is 28.6. The van der Waals surface area contributed by atoms with Crippen LogP contribution in [0.25, 0.3) is 38.5 Å². The molecule has 1 aromatic heterocycles. The molecular formula is C55H49N3. The molecule has 3 nitrogen and oxygen atoms in total. The average molecular weight is 752 g/mol. The Kier molecular flexibility index (Phi) is 10.5. The Morgan fingerprint density at radius 1 is 0.586 bits per heavy atom. The number of aryl methyl sites for hydroxylation is 1. The number of hydrogen-bond donors (Lipinski definition) is 1. The van der Waals surface area contributed by atoms with Gasteiger partial charge in [-0.15, -0.1) is 0 Å². The van der Waals surface area contributed by atoms with Crippen molar-refractivity contribution < 1.29 is 0 Å². The van der Waals surface area contributed by atoms with Gasteiger partial charge in [0.15, 0.2) is 0 Å². The van der Waals surface area contributed by atoms with Gasteiger partial charge in [-0.25, -0.2) is 0 Å². The summed E-state index contributed by atoms with van der Waals surface area (Å²) in [5, 5.41) is 3.95. The number of allylic oxidation sites excluding steroid dienone is 4. The maximum absolute atomic E-state index is 5.35. The number of para-hydroxylation sites is 3. The molecule has 3 heteroatoms. The molecule has 0 amide bonds. The molecule has 8 aromatic rings. The first kappa shape index (κ1) is 36.9. The Bertz CT molecular complexity index is 2800. The fourth-order valence-corrected chi connectivity index (χ4v) is 8.93. The lowest BCUT2D eigenvalue weighted by Crippen LogP contribution is -2.21. The highest BCUT2D eigenvalue weighted by Gasteiger charge is 2.28. The van der Waals surface area contributed by atoms with E-state index >= 15 is 0 Å². The Balaban J connectivity index is 0.000000489. The van der Waals surface area contributed by atoms with E-state index in [1.807, 2.05) is 30.3 Å². The molecule has 0 spiro atoms. The summed E-state index contributed by atoms with van der Waals surface area (Å²) in [5.41, 5.74) is 23.1. The van der Waals surface area contributed by atoms with E-state index in [1.165, 1.54) is 89.0 Å². The minimum Gasteiger partial charge on any atom is -0.341 e. The van der Waals surface area contributed by atoms with Crippen LogP contribution in [0.15, 0.2) is 194 Å². The normalized spacial score (nSPS) is 14.7. The van der Waals surface area contributed by atoms with E-state index in [2.05, 4.69) is 168 Å². The lowest BCUT2D eigenvalue weighted by atomic mass is 9.82. The number of anilines is 2. The molecule has 2 N–H and O–H groups in total. The Labute approximate surface area is 342 Å². The lowest BCUT2D eigenvalue weighted by molar-refractivity contribution is 0.882. The predicted molar refractivity (Wildman–Crippen MR) is 247 cm³/mol. The standard InChI is InChI=1S/C48H40N2.C7H9N/c1-33-37(28-27-36-14-6-7-17-40(33)36)32-35-25-29-39(30-26-35)50-46-23-11-9-19-44(46)48-43(20-12-24-47(48)50)41-21-13-31-49(38-15-4-3-5-16-38)45-22-10-8-18-42(45)34(41)2;8-6-7-4-2-1-3-5-7/h3-11,14-23,25-30H,2,12-13,24,31-32H2,1H3;1-5H,6,8H2/b41-21+;. The second-order valence-electron chi connectivity index (χ2n) is 15.3. The number of nitrogens with two attached hydrogens (primary N) is 1. The number of benzene rings is 7. The summed E-state index contributed by atoms with van der Waals surface area (Å²) >= 11 is 0. The third kappa shape index (κ3) is 7.10. The van der Waals surface area contributed by atoms with Gasteiger partial charge in [0, 0.05) is 52.4 Å². The highest BCUT2D eigenvalue weighted by Crippen LogP contribution is 2.46. The average Bonchev–Trinajstić information content (AvgIpc) is 3.63. The molecular weight excluding hydrogens is 703 g/mol. The second-order valence-corrected chi connectivity index (χ2v) is 15.3. The van der Waals surface area contributed by atoms with Crippen LogP contribution >= 0.6 is 0 Å². The fraction of sp³-hybridized carbons (Fsp3) is 0.127. The molecule has 2 heterocycles. The summed E-state index contributed by atoms with van der Waals surface area (Å²) in [7, 11) is 0.